The summed E-state index contributed by atoms with van der Waals surface area (Å²) in [6, 6.07) is 13.7. The van der Waals surface area contributed by atoms with E-state index >= 15 is 0 Å². The number of nitrogens with zero attached hydrogens (tertiary/aromatic N) is 1. The quantitative estimate of drug-likeness (QED) is 0.590. The Morgan fingerprint density at radius 3 is 2.37 bits per heavy atom. The number of amides is 1. The van der Waals surface area contributed by atoms with Gasteiger partial charge in [-0.05, 0) is 35.7 Å². The predicted octanol–water partition coefficient (Wildman–Crippen LogP) is 2.84. The average Bonchev–Trinajstić information content (AvgIpc) is 2.70. The van der Waals surface area contributed by atoms with E-state index in [9.17, 15) is 18.0 Å². The molecule has 0 saturated carbocycles. The monoisotopic (exact) mass is 452 g/mol. The molecule has 0 saturated heterocycles. The lowest BCUT2D eigenvalue weighted by Crippen LogP contribution is -2.46. The van der Waals surface area contributed by atoms with Crippen molar-refractivity contribution in [2.45, 2.75) is 31.3 Å². The molecule has 0 fully saturated rings. The zero-order valence-corrected chi connectivity index (χ0v) is 18.6. The van der Waals surface area contributed by atoms with Crippen molar-refractivity contribution in [1.82, 2.24) is 9.62 Å². The summed E-state index contributed by atoms with van der Waals surface area (Å²) < 4.78 is 32.5. The van der Waals surface area contributed by atoms with Gasteiger partial charge in [0.15, 0.2) is 6.61 Å². The smallest absolute Gasteiger partial charge is 0.324 e. The lowest BCUT2D eigenvalue weighted by atomic mass is 10.1. The van der Waals surface area contributed by atoms with E-state index in [1.807, 2.05) is 6.07 Å². The van der Waals surface area contributed by atoms with E-state index < -0.39 is 34.5 Å². The molecule has 1 atom stereocenters. The van der Waals surface area contributed by atoms with Gasteiger partial charge >= 0.3 is 5.97 Å². The molecule has 0 spiro atoms. The Hall–Kier alpha value is -2.42. The Morgan fingerprint density at radius 2 is 1.77 bits per heavy atom. The topological polar surface area (TPSA) is 92.8 Å². The van der Waals surface area contributed by atoms with Crippen LogP contribution in [-0.2, 0) is 30.9 Å². The van der Waals surface area contributed by atoms with Gasteiger partial charge in [0.25, 0.3) is 5.91 Å². The van der Waals surface area contributed by atoms with Crippen molar-refractivity contribution < 1.29 is 22.7 Å². The largest absolute Gasteiger partial charge is 0.454 e. The number of carbonyl (C=O) groups excluding carboxylic acids is 2. The number of halogens is 1. The minimum absolute atomic E-state index is 0.0424. The van der Waals surface area contributed by atoms with Crippen LogP contribution < -0.4 is 4.72 Å². The number of hydrogen-bond donors (Lipinski definition) is 1. The van der Waals surface area contributed by atoms with E-state index in [-0.39, 0.29) is 10.8 Å². The molecule has 0 aliphatic carbocycles. The Bertz CT molecular complexity index is 980. The van der Waals surface area contributed by atoms with Crippen LogP contribution in [0.1, 0.15) is 19.4 Å². The van der Waals surface area contributed by atoms with Crippen molar-refractivity contribution in [3.05, 3.63) is 65.2 Å². The van der Waals surface area contributed by atoms with Crippen LogP contribution in [0.15, 0.2) is 59.5 Å². The number of esters is 1. The van der Waals surface area contributed by atoms with Gasteiger partial charge in [-0.3, -0.25) is 9.59 Å². The average molecular weight is 453 g/mol. The number of likely N-dealkylation sites (N-methyl/N-ethyl adjacent to an activating group) is 1. The van der Waals surface area contributed by atoms with Gasteiger partial charge in [-0.1, -0.05) is 55.8 Å². The van der Waals surface area contributed by atoms with Crippen molar-refractivity contribution in [2.75, 3.05) is 13.7 Å². The molecule has 2 aromatic carbocycles. The molecular formula is C21H25ClN2O5S. The van der Waals surface area contributed by atoms with Crippen LogP contribution in [0, 0.1) is 5.92 Å². The first-order valence-electron chi connectivity index (χ1n) is 9.32. The van der Waals surface area contributed by atoms with Gasteiger partial charge in [-0.2, -0.15) is 4.72 Å². The molecular weight excluding hydrogens is 428 g/mol. The molecule has 9 heteroatoms. The summed E-state index contributed by atoms with van der Waals surface area (Å²) >= 11 is 5.94. The molecule has 2 aromatic rings. The summed E-state index contributed by atoms with van der Waals surface area (Å²) in [5.74, 6) is -1.61. The van der Waals surface area contributed by atoms with Gasteiger partial charge < -0.3 is 9.64 Å². The maximum absolute atomic E-state index is 12.5. The third kappa shape index (κ3) is 6.83. The highest BCUT2D eigenvalue weighted by Gasteiger charge is 2.30. The fourth-order valence-electron chi connectivity index (χ4n) is 2.62. The van der Waals surface area contributed by atoms with E-state index in [0.29, 0.717) is 11.6 Å². The molecule has 30 heavy (non-hydrogen) atoms. The zero-order chi connectivity index (χ0) is 22.3. The summed E-state index contributed by atoms with van der Waals surface area (Å²) in [5.41, 5.74) is 0.834. The second kappa shape index (κ2) is 10.6. The summed E-state index contributed by atoms with van der Waals surface area (Å²) in [6.45, 7) is 3.18. The minimum Gasteiger partial charge on any atom is -0.454 e. The van der Waals surface area contributed by atoms with Crippen molar-refractivity contribution >= 4 is 33.5 Å². The molecule has 0 radical (unpaired) electrons. The van der Waals surface area contributed by atoms with Crippen LogP contribution in [-0.4, -0.2) is 44.9 Å². The molecule has 0 aliphatic rings. The van der Waals surface area contributed by atoms with E-state index in [4.69, 9.17) is 16.3 Å². The molecule has 2 rings (SSSR count). The van der Waals surface area contributed by atoms with E-state index in [2.05, 4.69) is 4.72 Å². The highest BCUT2D eigenvalue weighted by molar-refractivity contribution is 7.89. The molecule has 1 N–H and O–H groups in total. The Morgan fingerprint density at radius 1 is 1.10 bits per heavy atom. The molecule has 0 heterocycles. The molecule has 162 valence electrons. The Kier molecular flexibility index (Phi) is 8.40. The number of sulfonamides is 1. The Balaban J connectivity index is 1.97. The number of hydrogen-bond acceptors (Lipinski definition) is 5. The van der Waals surface area contributed by atoms with E-state index in [1.165, 1.54) is 17.0 Å². The summed E-state index contributed by atoms with van der Waals surface area (Å²) in [4.78, 5) is 26.2. The molecule has 1 amide bonds. The first-order valence-corrected chi connectivity index (χ1v) is 11.2. The minimum atomic E-state index is -3.91. The van der Waals surface area contributed by atoms with Crippen LogP contribution in [0.2, 0.25) is 5.02 Å². The SMILES string of the molecule is CC(C)[C@H](NS(=O)(=O)c1ccccc1)C(=O)OCC(=O)N(C)Cc1cccc(Cl)c1. The van der Waals surface area contributed by atoms with E-state index in [0.717, 1.165) is 5.56 Å². The number of ether oxygens (including phenoxy) is 1. The van der Waals surface area contributed by atoms with Gasteiger partial charge in [0.2, 0.25) is 10.0 Å². The van der Waals surface area contributed by atoms with Crippen molar-refractivity contribution in [3.8, 4) is 0 Å². The second-order valence-corrected chi connectivity index (χ2v) is 9.29. The normalized spacial score (nSPS) is 12.4. The van der Waals surface area contributed by atoms with Crippen LogP contribution in [0.3, 0.4) is 0 Å². The summed E-state index contributed by atoms with van der Waals surface area (Å²) in [6.07, 6.45) is 0. The first-order chi connectivity index (χ1) is 14.1. The van der Waals surface area contributed by atoms with Gasteiger partial charge in [0, 0.05) is 18.6 Å². The van der Waals surface area contributed by atoms with Crippen LogP contribution in [0.25, 0.3) is 0 Å². The fraction of sp³-hybridized carbons (Fsp3) is 0.333. The third-order valence-electron chi connectivity index (χ3n) is 4.33. The van der Waals surface area contributed by atoms with Crippen molar-refractivity contribution in [2.24, 2.45) is 5.92 Å². The number of benzene rings is 2. The van der Waals surface area contributed by atoms with Crippen LogP contribution in [0.4, 0.5) is 0 Å². The van der Waals surface area contributed by atoms with Crippen molar-refractivity contribution in [3.63, 3.8) is 0 Å². The van der Waals surface area contributed by atoms with Crippen molar-refractivity contribution in [1.29, 1.82) is 0 Å². The highest BCUT2D eigenvalue weighted by Crippen LogP contribution is 2.14. The summed E-state index contributed by atoms with van der Waals surface area (Å²) in [5, 5.41) is 0.560. The lowest BCUT2D eigenvalue weighted by Gasteiger charge is -2.22. The predicted molar refractivity (Wildman–Crippen MR) is 114 cm³/mol. The molecule has 0 aliphatic heterocycles. The van der Waals surface area contributed by atoms with Gasteiger partial charge in [-0.15, -0.1) is 0 Å². The molecule has 7 nitrogen and oxygen atoms in total. The maximum atomic E-state index is 12.5. The fourth-order valence-corrected chi connectivity index (χ4v) is 4.19. The van der Waals surface area contributed by atoms with E-state index in [1.54, 1.807) is 57.3 Å². The second-order valence-electron chi connectivity index (χ2n) is 7.14. The van der Waals surface area contributed by atoms with Gasteiger partial charge in [0.1, 0.15) is 6.04 Å². The van der Waals surface area contributed by atoms with Gasteiger partial charge in [0.05, 0.1) is 4.90 Å². The number of nitrogens with one attached hydrogen (secondary N) is 1. The van der Waals surface area contributed by atoms with Crippen LogP contribution >= 0.6 is 11.6 Å². The molecule has 0 aromatic heterocycles. The first kappa shape index (κ1) is 23.9. The summed E-state index contributed by atoms with van der Waals surface area (Å²) in [7, 11) is -2.33. The number of rotatable bonds is 9. The standard InChI is InChI=1S/C21H25ClN2O5S/c1-15(2)20(23-30(27,28)18-10-5-4-6-11-18)21(26)29-14-19(25)24(3)13-16-8-7-9-17(22)12-16/h4-12,15,20,23H,13-14H2,1-3H3/t20-/m0/s1. The number of carbonyl (C=O) groups is 2. The lowest BCUT2D eigenvalue weighted by molar-refractivity contribution is -0.154. The van der Waals surface area contributed by atoms with Gasteiger partial charge in [-0.25, -0.2) is 8.42 Å². The molecule has 0 unspecified atom stereocenters. The maximum Gasteiger partial charge on any atom is 0.324 e. The third-order valence-corrected chi connectivity index (χ3v) is 6.02. The molecule has 0 bridgehead atoms. The van der Waals surface area contributed by atoms with Crippen LogP contribution in [0.5, 0.6) is 0 Å². The zero-order valence-electron chi connectivity index (χ0n) is 17.0. The Labute approximate surface area is 182 Å². The highest BCUT2D eigenvalue weighted by atomic mass is 35.5.